The molecule has 0 heterocycles. The molecule has 0 aromatic carbocycles. The second-order valence-electron chi connectivity index (χ2n) is 4.55. The van der Waals surface area contributed by atoms with Crippen molar-refractivity contribution in [2.45, 2.75) is 46.6 Å². The summed E-state index contributed by atoms with van der Waals surface area (Å²) >= 11 is 0. The molecule has 3 unspecified atom stereocenters. The summed E-state index contributed by atoms with van der Waals surface area (Å²) < 4.78 is 0. The van der Waals surface area contributed by atoms with E-state index in [9.17, 15) is 5.11 Å². The van der Waals surface area contributed by atoms with Crippen LogP contribution in [0.15, 0.2) is 0 Å². The summed E-state index contributed by atoms with van der Waals surface area (Å²) in [5.41, 5.74) is 0. The van der Waals surface area contributed by atoms with E-state index >= 15 is 0 Å². The zero-order valence-electron chi connectivity index (χ0n) is 8.75. The molecule has 0 bridgehead atoms. The van der Waals surface area contributed by atoms with Gasteiger partial charge in [0, 0.05) is 0 Å². The molecule has 12 heavy (non-hydrogen) atoms. The summed E-state index contributed by atoms with van der Waals surface area (Å²) in [5.74, 6) is 2.70. The molecule has 1 aliphatic carbocycles. The van der Waals surface area contributed by atoms with Crippen LogP contribution in [0.3, 0.4) is 0 Å². The maximum Gasteiger partial charge on any atom is 0.0571 e. The van der Waals surface area contributed by atoms with Gasteiger partial charge >= 0.3 is 0 Å². The minimum atomic E-state index is -0.0545. The van der Waals surface area contributed by atoms with E-state index in [-0.39, 0.29) is 6.10 Å². The van der Waals surface area contributed by atoms with Crippen molar-refractivity contribution in [3.05, 3.63) is 0 Å². The molecule has 1 N–H and O–H groups in total. The van der Waals surface area contributed by atoms with Gasteiger partial charge in [0.15, 0.2) is 0 Å². The molecule has 0 spiro atoms. The SMILES string of the molecule is CCC1C[C@@H](O)C(C)C(C)[C@H]1C. The maximum absolute atomic E-state index is 9.77. The molecule has 1 rings (SSSR count). The highest BCUT2D eigenvalue weighted by Gasteiger charge is 2.35. The molecule has 0 saturated heterocycles. The minimum Gasteiger partial charge on any atom is -0.393 e. The van der Waals surface area contributed by atoms with Crippen LogP contribution in [0, 0.1) is 23.7 Å². The van der Waals surface area contributed by atoms with Crippen LogP contribution in [-0.2, 0) is 0 Å². The minimum absolute atomic E-state index is 0.0545. The van der Waals surface area contributed by atoms with Crippen molar-refractivity contribution in [2.75, 3.05) is 0 Å². The second kappa shape index (κ2) is 3.78. The van der Waals surface area contributed by atoms with Gasteiger partial charge in [-0.3, -0.25) is 0 Å². The number of hydrogen-bond acceptors (Lipinski definition) is 1. The standard InChI is InChI=1S/C11H22O/c1-5-10-6-11(12)9(4)7(2)8(10)3/h7-12H,5-6H2,1-4H3/t7?,8-,9?,10?,11-/m1/s1. The van der Waals surface area contributed by atoms with Gasteiger partial charge in [-0.2, -0.15) is 0 Å². The molecule has 1 heteroatoms. The Hall–Kier alpha value is -0.0400. The Balaban J connectivity index is 2.63. The molecule has 0 aromatic rings. The van der Waals surface area contributed by atoms with E-state index in [2.05, 4.69) is 27.7 Å². The van der Waals surface area contributed by atoms with Gasteiger partial charge in [0.1, 0.15) is 0 Å². The van der Waals surface area contributed by atoms with Gasteiger partial charge in [0.05, 0.1) is 6.10 Å². The van der Waals surface area contributed by atoms with E-state index in [1.54, 1.807) is 0 Å². The lowest BCUT2D eigenvalue weighted by Gasteiger charge is -2.41. The Bertz CT molecular complexity index is 139. The number of aliphatic hydroxyl groups is 1. The summed E-state index contributed by atoms with van der Waals surface area (Å²) in [5, 5.41) is 9.77. The van der Waals surface area contributed by atoms with Gasteiger partial charge in [-0.1, -0.05) is 34.1 Å². The molecule has 0 radical (unpaired) electrons. The summed E-state index contributed by atoms with van der Waals surface area (Å²) in [4.78, 5) is 0. The van der Waals surface area contributed by atoms with E-state index in [1.165, 1.54) is 6.42 Å². The van der Waals surface area contributed by atoms with E-state index in [0.29, 0.717) is 11.8 Å². The van der Waals surface area contributed by atoms with E-state index in [4.69, 9.17) is 0 Å². The van der Waals surface area contributed by atoms with Crippen molar-refractivity contribution in [3.8, 4) is 0 Å². The summed E-state index contributed by atoms with van der Waals surface area (Å²) in [6, 6.07) is 0. The number of hydrogen-bond donors (Lipinski definition) is 1. The fraction of sp³-hybridized carbons (Fsp3) is 1.00. The molecule has 0 aliphatic heterocycles. The molecule has 1 nitrogen and oxygen atoms in total. The fourth-order valence-electron chi connectivity index (χ4n) is 2.54. The van der Waals surface area contributed by atoms with Gasteiger partial charge in [-0.15, -0.1) is 0 Å². The highest BCUT2D eigenvalue weighted by Crippen LogP contribution is 2.39. The fourth-order valence-corrected chi connectivity index (χ4v) is 2.54. The Morgan fingerprint density at radius 3 is 2.17 bits per heavy atom. The monoisotopic (exact) mass is 170 g/mol. The third-order valence-corrected chi connectivity index (χ3v) is 4.08. The van der Waals surface area contributed by atoms with Crippen LogP contribution in [0.4, 0.5) is 0 Å². The van der Waals surface area contributed by atoms with Gasteiger partial charge < -0.3 is 5.11 Å². The van der Waals surface area contributed by atoms with E-state index in [0.717, 1.165) is 18.3 Å². The predicted molar refractivity (Wildman–Crippen MR) is 51.9 cm³/mol. The molecule has 0 aromatic heterocycles. The summed E-state index contributed by atoms with van der Waals surface area (Å²) in [6.45, 7) is 9.02. The average molecular weight is 170 g/mol. The number of rotatable bonds is 1. The third kappa shape index (κ3) is 1.66. The molecular weight excluding hydrogens is 148 g/mol. The van der Waals surface area contributed by atoms with Crippen LogP contribution in [0.2, 0.25) is 0 Å². The predicted octanol–water partition coefficient (Wildman–Crippen LogP) is 2.69. The van der Waals surface area contributed by atoms with Crippen molar-refractivity contribution < 1.29 is 5.11 Å². The lowest BCUT2D eigenvalue weighted by molar-refractivity contribution is -0.0122. The lowest BCUT2D eigenvalue weighted by atomic mass is 9.66. The van der Waals surface area contributed by atoms with Gasteiger partial charge in [0.25, 0.3) is 0 Å². The topological polar surface area (TPSA) is 20.2 Å². The molecule has 1 fully saturated rings. The normalized spacial score (nSPS) is 49.2. The molecular formula is C11H22O. The Morgan fingerprint density at radius 1 is 1.08 bits per heavy atom. The third-order valence-electron chi connectivity index (χ3n) is 4.08. The number of aliphatic hydroxyl groups excluding tert-OH is 1. The molecule has 1 saturated carbocycles. The second-order valence-corrected chi connectivity index (χ2v) is 4.55. The Kier molecular flexibility index (Phi) is 3.16. The first-order valence-corrected chi connectivity index (χ1v) is 5.26. The summed E-state index contributed by atoms with van der Waals surface area (Å²) in [7, 11) is 0. The lowest BCUT2D eigenvalue weighted by Crippen LogP contribution is -2.39. The van der Waals surface area contributed by atoms with E-state index in [1.807, 2.05) is 0 Å². The van der Waals surface area contributed by atoms with Crippen LogP contribution in [0.25, 0.3) is 0 Å². The smallest absolute Gasteiger partial charge is 0.0571 e. The average Bonchev–Trinajstić information content (AvgIpc) is 2.08. The van der Waals surface area contributed by atoms with Gasteiger partial charge in [-0.25, -0.2) is 0 Å². The van der Waals surface area contributed by atoms with Gasteiger partial charge in [-0.05, 0) is 30.1 Å². The van der Waals surface area contributed by atoms with Crippen molar-refractivity contribution in [3.63, 3.8) is 0 Å². The van der Waals surface area contributed by atoms with E-state index < -0.39 is 0 Å². The first-order valence-electron chi connectivity index (χ1n) is 5.26. The zero-order chi connectivity index (χ0) is 9.30. The Labute approximate surface area is 76.2 Å². The molecule has 0 amide bonds. The highest BCUT2D eigenvalue weighted by molar-refractivity contribution is 4.85. The molecule has 5 atom stereocenters. The largest absolute Gasteiger partial charge is 0.393 e. The van der Waals surface area contributed by atoms with Gasteiger partial charge in [0.2, 0.25) is 0 Å². The van der Waals surface area contributed by atoms with Crippen LogP contribution < -0.4 is 0 Å². The molecule has 1 aliphatic rings. The van der Waals surface area contributed by atoms with Crippen molar-refractivity contribution in [1.82, 2.24) is 0 Å². The van der Waals surface area contributed by atoms with Crippen molar-refractivity contribution in [2.24, 2.45) is 23.7 Å². The van der Waals surface area contributed by atoms with Crippen LogP contribution in [0.5, 0.6) is 0 Å². The van der Waals surface area contributed by atoms with Crippen molar-refractivity contribution in [1.29, 1.82) is 0 Å². The van der Waals surface area contributed by atoms with Crippen molar-refractivity contribution >= 4 is 0 Å². The molecule has 72 valence electrons. The Morgan fingerprint density at radius 2 is 1.67 bits per heavy atom. The highest BCUT2D eigenvalue weighted by atomic mass is 16.3. The van der Waals surface area contributed by atoms with Crippen LogP contribution >= 0.6 is 0 Å². The quantitative estimate of drug-likeness (QED) is 0.641. The first kappa shape index (κ1) is 10.0. The maximum atomic E-state index is 9.77. The van der Waals surface area contributed by atoms with Crippen LogP contribution in [-0.4, -0.2) is 11.2 Å². The van der Waals surface area contributed by atoms with Crippen LogP contribution in [0.1, 0.15) is 40.5 Å². The summed E-state index contributed by atoms with van der Waals surface area (Å²) in [6.07, 6.45) is 2.18. The zero-order valence-corrected chi connectivity index (χ0v) is 8.75. The first-order chi connectivity index (χ1) is 5.57.